The molecule has 2 aromatic carbocycles. The van der Waals surface area contributed by atoms with Crippen molar-refractivity contribution in [2.24, 2.45) is 0 Å². The van der Waals surface area contributed by atoms with Gasteiger partial charge in [0.2, 0.25) is 5.91 Å². The molecule has 3 rings (SSSR count). The summed E-state index contributed by atoms with van der Waals surface area (Å²) in [4.78, 5) is 11.8. The Labute approximate surface area is 200 Å². The molecule has 192 valence electrons. The van der Waals surface area contributed by atoms with Gasteiger partial charge in [-0.1, -0.05) is 37.3 Å². The lowest BCUT2D eigenvalue weighted by atomic mass is 9.81. The van der Waals surface area contributed by atoms with E-state index in [0.29, 0.717) is 37.9 Å². The molecule has 1 heterocycles. The van der Waals surface area contributed by atoms with E-state index in [0.717, 1.165) is 5.56 Å². The van der Waals surface area contributed by atoms with Crippen molar-refractivity contribution in [3.05, 3.63) is 70.8 Å². The van der Waals surface area contributed by atoms with Crippen molar-refractivity contribution in [2.45, 2.75) is 63.1 Å². The average molecular weight is 502 g/mol. The smallest absolute Gasteiger partial charge is 0.372 e. The Balaban J connectivity index is 1.83. The molecule has 2 N–H and O–H groups in total. The third kappa shape index (κ3) is 6.76. The summed E-state index contributed by atoms with van der Waals surface area (Å²) in [5.41, 5.74) is -2.79. The topological polar surface area (TPSA) is 50.4 Å². The van der Waals surface area contributed by atoms with E-state index in [-0.39, 0.29) is 30.2 Å². The predicted molar refractivity (Wildman–Crippen MR) is 118 cm³/mol. The number of halogens is 6. The number of ether oxygens (including phenoxy) is 1. The Morgan fingerprint density at radius 3 is 2.17 bits per heavy atom. The van der Waals surface area contributed by atoms with Crippen LogP contribution in [0.25, 0.3) is 0 Å². The Kier molecular flexibility index (Phi) is 8.16. The Hall–Kier alpha value is -2.59. The van der Waals surface area contributed by atoms with Gasteiger partial charge >= 0.3 is 12.4 Å². The largest absolute Gasteiger partial charge is 0.416 e. The van der Waals surface area contributed by atoms with Gasteiger partial charge in [-0.2, -0.15) is 26.3 Å². The summed E-state index contributed by atoms with van der Waals surface area (Å²) in [7, 11) is 0. The van der Waals surface area contributed by atoms with E-state index in [9.17, 15) is 31.1 Å². The lowest BCUT2D eigenvalue weighted by Crippen LogP contribution is -2.57. The van der Waals surface area contributed by atoms with E-state index in [4.69, 9.17) is 4.74 Å². The van der Waals surface area contributed by atoms with Gasteiger partial charge in [-0.3, -0.25) is 4.79 Å². The van der Waals surface area contributed by atoms with Crippen molar-refractivity contribution in [3.63, 3.8) is 0 Å². The number of nitrogens with one attached hydrogen (secondary N) is 2. The van der Waals surface area contributed by atoms with Crippen LogP contribution in [0.4, 0.5) is 26.3 Å². The summed E-state index contributed by atoms with van der Waals surface area (Å²) in [6, 6.07) is 10.7. The number of carbonyl (C=O) groups excluding carboxylic acids is 1. The van der Waals surface area contributed by atoms with Crippen LogP contribution in [0, 0.1) is 0 Å². The molecule has 2 aromatic rings. The van der Waals surface area contributed by atoms with Crippen LogP contribution in [-0.4, -0.2) is 25.1 Å². The van der Waals surface area contributed by atoms with Crippen LogP contribution in [0.2, 0.25) is 0 Å². The van der Waals surface area contributed by atoms with Crippen LogP contribution in [0.15, 0.2) is 48.5 Å². The van der Waals surface area contributed by atoms with Gasteiger partial charge in [0.05, 0.1) is 29.4 Å². The first-order valence-corrected chi connectivity index (χ1v) is 11.3. The highest BCUT2D eigenvalue weighted by molar-refractivity contribution is 5.75. The molecule has 1 saturated heterocycles. The van der Waals surface area contributed by atoms with Crippen molar-refractivity contribution in [3.8, 4) is 0 Å². The number of benzene rings is 2. The van der Waals surface area contributed by atoms with Gasteiger partial charge in [0.15, 0.2) is 0 Å². The zero-order chi connectivity index (χ0) is 25.9. The van der Waals surface area contributed by atoms with E-state index in [1.165, 1.54) is 6.92 Å². The average Bonchev–Trinajstić information content (AvgIpc) is 2.82. The minimum atomic E-state index is -4.93. The summed E-state index contributed by atoms with van der Waals surface area (Å²) >= 11 is 0. The van der Waals surface area contributed by atoms with Crippen LogP contribution < -0.4 is 10.6 Å². The Morgan fingerprint density at radius 2 is 1.69 bits per heavy atom. The third-order valence-electron chi connectivity index (χ3n) is 6.28. The molecule has 1 aliphatic rings. The van der Waals surface area contributed by atoms with E-state index >= 15 is 0 Å². The Morgan fingerprint density at radius 1 is 1.09 bits per heavy atom. The molecular weight excluding hydrogens is 474 g/mol. The number of hydrogen-bond acceptors (Lipinski definition) is 3. The second kappa shape index (κ2) is 10.6. The summed E-state index contributed by atoms with van der Waals surface area (Å²) < 4.78 is 85.5. The third-order valence-corrected chi connectivity index (χ3v) is 6.28. The first-order chi connectivity index (χ1) is 16.3. The number of carbonyl (C=O) groups is 1. The highest BCUT2D eigenvalue weighted by atomic mass is 19.4. The zero-order valence-electron chi connectivity index (χ0n) is 19.4. The van der Waals surface area contributed by atoms with E-state index in [2.05, 4.69) is 10.6 Å². The number of rotatable bonds is 7. The molecule has 1 unspecified atom stereocenters. The molecule has 0 aliphatic carbocycles. The van der Waals surface area contributed by atoms with Gasteiger partial charge in [0, 0.05) is 19.0 Å². The normalized spacial score (nSPS) is 22.0. The number of alkyl halides is 6. The number of piperidine rings is 1. The van der Waals surface area contributed by atoms with Gasteiger partial charge in [-0.15, -0.1) is 0 Å². The highest BCUT2D eigenvalue weighted by Crippen LogP contribution is 2.39. The minimum absolute atomic E-state index is 0.0181. The molecule has 0 radical (unpaired) electrons. The molecule has 0 saturated carbocycles. The fraction of sp³-hybridized carbons (Fsp3) is 0.480. The maximum atomic E-state index is 13.3. The summed E-state index contributed by atoms with van der Waals surface area (Å²) in [6.07, 6.45) is -9.34. The molecule has 1 aliphatic heterocycles. The summed E-state index contributed by atoms with van der Waals surface area (Å²) in [6.45, 7) is 3.65. The van der Waals surface area contributed by atoms with Crippen LogP contribution in [0.1, 0.15) is 61.5 Å². The number of hydrogen-bond donors (Lipinski definition) is 2. The molecule has 10 heteroatoms. The molecule has 1 fully saturated rings. The van der Waals surface area contributed by atoms with E-state index in [1.807, 2.05) is 30.3 Å². The fourth-order valence-electron chi connectivity index (χ4n) is 4.17. The lowest BCUT2D eigenvalue weighted by Gasteiger charge is -2.42. The molecule has 4 nitrogen and oxygen atoms in total. The predicted octanol–water partition coefficient (Wildman–Crippen LogP) is 5.98. The van der Waals surface area contributed by atoms with Crippen LogP contribution in [-0.2, 0) is 27.4 Å². The van der Waals surface area contributed by atoms with Crippen LogP contribution in [0.5, 0.6) is 0 Å². The van der Waals surface area contributed by atoms with Gasteiger partial charge in [-0.05, 0) is 49.1 Å². The van der Waals surface area contributed by atoms with E-state index < -0.39 is 35.1 Å². The Bertz CT molecular complexity index is 967. The quantitative estimate of drug-likeness (QED) is 0.459. The van der Waals surface area contributed by atoms with Crippen molar-refractivity contribution in [2.75, 3.05) is 13.2 Å². The van der Waals surface area contributed by atoms with Crippen molar-refractivity contribution >= 4 is 5.91 Å². The van der Waals surface area contributed by atoms with Crippen LogP contribution in [0.3, 0.4) is 0 Å². The van der Waals surface area contributed by atoms with Gasteiger partial charge in [-0.25, -0.2) is 0 Å². The first kappa shape index (κ1) is 27.0. The second-order valence-corrected chi connectivity index (χ2v) is 8.78. The van der Waals surface area contributed by atoms with Gasteiger partial charge in [0.25, 0.3) is 0 Å². The molecule has 0 aromatic heterocycles. The van der Waals surface area contributed by atoms with Gasteiger partial charge < -0.3 is 15.4 Å². The molecule has 0 spiro atoms. The molecule has 0 bridgehead atoms. The molecular formula is C25H28F6N2O2. The molecule has 3 atom stereocenters. The molecule has 35 heavy (non-hydrogen) atoms. The van der Waals surface area contributed by atoms with Gasteiger partial charge in [0.1, 0.15) is 0 Å². The number of amides is 1. The second-order valence-electron chi connectivity index (χ2n) is 8.78. The zero-order valence-corrected chi connectivity index (χ0v) is 19.4. The maximum absolute atomic E-state index is 13.3. The fourth-order valence-corrected chi connectivity index (χ4v) is 4.17. The SMILES string of the molecule is CCC(=O)NC1CC[C@@](CO[C@H](C)c2cc(C(F)(F)F)cc(C(F)(F)F)c2)(c2ccccc2)NC1. The summed E-state index contributed by atoms with van der Waals surface area (Å²) in [5, 5.41) is 6.34. The first-order valence-electron chi connectivity index (χ1n) is 11.3. The highest BCUT2D eigenvalue weighted by Gasteiger charge is 2.39. The minimum Gasteiger partial charge on any atom is -0.372 e. The molecule has 1 amide bonds. The van der Waals surface area contributed by atoms with Crippen molar-refractivity contribution in [1.82, 2.24) is 10.6 Å². The maximum Gasteiger partial charge on any atom is 0.416 e. The summed E-state index contributed by atoms with van der Waals surface area (Å²) in [5.74, 6) is -0.0705. The van der Waals surface area contributed by atoms with E-state index in [1.54, 1.807) is 6.92 Å². The lowest BCUT2D eigenvalue weighted by molar-refractivity contribution is -0.143. The van der Waals surface area contributed by atoms with Crippen LogP contribution >= 0.6 is 0 Å². The monoisotopic (exact) mass is 502 g/mol. The van der Waals surface area contributed by atoms with Crippen molar-refractivity contribution in [1.29, 1.82) is 0 Å². The standard InChI is InChI=1S/C25H28F6N2O2/c1-3-22(34)33-21-9-10-23(32-14-21,18-7-5-4-6-8-18)15-35-16(2)17-11-19(24(26,27)28)13-20(12-17)25(29,30)31/h4-8,11-13,16,21,32H,3,9-10,14-15H2,1-2H3,(H,33,34)/t16-,21?,23-/m1/s1. The van der Waals surface area contributed by atoms with Crippen molar-refractivity contribution < 1.29 is 35.9 Å².